The summed E-state index contributed by atoms with van der Waals surface area (Å²) in [6, 6.07) is 0.0953. The molecule has 88 valence electrons. The van der Waals surface area contributed by atoms with Gasteiger partial charge in [-0.1, -0.05) is 18.3 Å². The van der Waals surface area contributed by atoms with Crippen molar-refractivity contribution >= 4 is 22.4 Å². The average molecular weight is 242 g/mol. The molecular weight excluding hydrogens is 228 g/mol. The van der Waals surface area contributed by atoms with Crippen LogP contribution < -0.4 is 10.6 Å². The van der Waals surface area contributed by atoms with Crippen LogP contribution in [-0.4, -0.2) is 41.9 Å². The Morgan fingerprint density at radius 1 is 1.69 bits per heavy atom. The molecule has 2 heterocycles. The molecule has 1 aromatic rings. The number of nitrogens with one attached hydrogen (secondary N) is 2. The molecule has 1 aromatic heterocycles. The third-order valence-electron chi connectivity index (χ3n) is 2.47. The number of hydrogen-bond donors (Lipinski definition) is 2. The molecule has 1 aliphatic heterocycles. The molecule has 0 aliphatic carbocycles. The summed E-state index contributed by atoms with van der Waals surface area (Å²) in [5.74, 6) is -0.205. The number of anilines is 1. The molecule has 0 aromatic carbocycles. The smallest absolute Gasteiger partial charge is 0.233 e. The van der Waals surface area contributed by atoms with Gasteiger partial charge in [0.2, 0.25) is 11.0 Å². The van der Waals surface area contributed by atoms with E-state index in [1.807, 2.05) is 6.92 Å². The van der Waals surface area contributed by atoms with Gasteiger partial charge in [-0.05, 0) is 6.54 Å². The monoisotopic (exact) mass is 242 g/mol. The highest BCUT2D eigenvalue weighted by Crippen LogP contribution is 2.17. The van der Waals surface area contributed by atoms with Crippen LogP contribution in [0.25, 0.3) is 0 Å². The SMILES string of the molecule is CCNC1COCC1C(=O)Nc1nncs1. The van der Waals surface area contributed by atoms with E-state index in [-0.39, 0.29) is 17.9 Å². The highest BCUT2D eigenvalue weighted by Gasteiger charge is 2.33. The number of carbonyl (C=O) groups excluding carboxylic acids is 1. The second-order valence-corrected chi connectivity index (χ2v) is 4.37. The fraction of sp³-hybridized carbons (Fsp3) is 0.667. The van der Waals surface area contributed by atoms with E-state index in [1.54, 1.807) is 5.51 Å². The number of carbonyl (C=O) groups is 1. The summed E-state index contributed by atoms with van der Waals surface area (Å²) in [5, 5.41) is 13.9. The van der Waals surface area contributed by atoms with Crippen LogP contribution in [0.1, 0.15) is 6.92 Å². The average Bonchev–Trinajstić information content (AvgIpc) is 2.89. The second-order valence-electron chi connectivity index (χ2n) is 3.54. The zero-order valence-corrected chi connectivity index (χ0v) is 9.79. The maximum absolute atomic E-state index is 11.9. The van der Waals surface area contributed by atoms with Crippen LogP contribution in [0.5, 0.6) is 0 Å². The second kappa shape index (κ2) is 5.33. The van der Waals surface area contributed by atoms with E-state index in [1.165, 1.54) is 11.3 Å². The molecular formula is C9H14N4O2S. The van der Waals surface area contributed by atoms with Crippen molar-refractivity contribution in [3.8, 4) is 0 Å². The van der Waals surface area contributed by atoms with E-state index in [0.717, 1.165) is 6.54 Å². The first kappa shape index (κ1) is 11.4. The van der Waals surface area contributed by atoms with E-state index >= 15 is 0 Å². The number of ether oxygens (including phenoxy) is 1. The molecule has 1 amide bonds. The van der Waals surface area contributed by atoms with Gasteiger partial charge < -0.3 is 15.4 Å². The number of nitrogens with zero attached hydrogens (tertiary/aromatic N) is 2. The molecule has 2 unspecified atom stereocenters. The van der Waals surface area contributed by atoms with Crippen LogP contribution >= 0.6 is 11.3 Å². The zero-order chi connectivity index (χ0) is 11.4. The fourth-order valence-electron chi connectivity index (χ4n) is 1.70. The summed E-state index contributed by atoms with van der Waals surface area (Å²) in [4.78, 5) is 11.9. The molecule has 0 radical (unpaired) electrons. The molecule has 7 heteroatoms. The van der Waals surface area contributed by atoms with Gasteiger partial charge in [-0.2, -0.15) is 0 Å². The van der Waals surface area contributed by atoms with Crippen molar-refractivity contribution in [1.82, 2.24) is 15.5 Å². The van der Waals surface area contributed by atoms with Crippen molar-refractivity contribution in [2.75, 3.05) is 25.1 Å². The topological polar surface area (TPSA) is 76.1 Å². The lowest BCUT2D eigenvalue weighted by atomic mass is 10.0. The normalized spacial score (nSPS) is 24.6. The first-order valence-corrected chi connectivity index (χ1v) is 6.07. The minimum atomic E-state index is -0.149. The van der Waals surface area contributed by atoms with Crippen LogP contribution in [0.15, 0.2) is 5.51 Å². The van der Waals surface area contributed by atoms with Crippen LogP contribution in [0, 0.1) is 5.92 Å². The number of aromatic nitrogens is 2. The molecule has 16 heavy (non-hydrogen) atoms. The molecule has 2 rings (SSSR count). The summed E-state index contributed by atoms with van der Waals surface area (Å²) in [6.45, 7) is 3.89. The van der Waals surface area contributed by atoms with Crippen molar-refractivity contribution in [3.63, 3.8) is 0 Å². The van der Waals surface area contributed by atoms with Crippen molar-refractivity contribution in [1.29, 1.82) is 0 Å². The van der Waals surface area contributed by atoms with E-state index in [0.29, 0.717) is 18.3 Å². The Balaban J connectivity index is 1.93. The molecule has 1 fully saturated rings. The standard InChI is InChI=1S/C9H14N4O2S/c1-2-10-7-4-15-3-6(7)8(14)12-9-13-11-5-16-9/h5-7,10H,2-4H2,1H3,(H,12,13,14). The molecule has 2 N–H and O–H groups in total. The van der Waals surface area contributed by atoms with Gasteiger partial charge in [0.05, 0.1) is 19.1 Å². The molecule has 0 spiro atoms. The van der Waals surface area contributed by atoms with Gasteiger partial charge in [-0.15, -0.1) is 10.2 Å². The Morgan fingerprint density at radius 2 is 2.56 bits per heavy atom. The molecule has 6 nitrogen and oxygen atoms in total. The third kappa shape index (κ3) is 2.55. The molecule has 0 bridgehead atoms. The first-order chi connectivity index (χ1) is 7.81. The van der Waals surface area contributed by atoms with Gasteiger partial charge in [-0.3, -0.25) is 4.79 Å². The summed E-state index contributed by atoms with van der Waals surface area (Å²) in [6.07, 6.45) is 0. The number of hydrogen-bond acceptors (Lipinski definition) is 6. The zero-order valence-electron chi connectivity index (χ0n) is 8.97. The highest BCUT2D eigenvalue weighted by atomic mass is 32.1. The minimum Gasteiger partial charge on any atom is -0.379 e. The number of amides is 1. The largest absolute Gasteiger partial charge is 0.379 e. The van der Waals surface area contributed by atoms with Crippen LogP contribution in [0.4, 0.5) is 5.13 Å². The summed E-state index contributed by atoms with van der Waals surface area (Å²) in [7, 11) is 0. The lowest BCUT2D eigenvalue weighted by Crippen LogP contribution is -2.41. The van der Waals surface area contributed by atoms with Gasteiger partial charge in [-0.25, -0.2) is 0 Å². The van der Waals surface area contributed by atoms with Gasteiger partial charge in [0.1, 0.15) is 5.51 Å². The Labute approximate surface area is 97.4 Å². The maximum atomic E-state index is 11.9. The molecule has 1 saturated heterocycles. The molecule has 2 atom stereocenters. The van der Waals surface area contributed by atoms with E-state index in [9.17, 15) is 4.79 Å². The molecule has 1 aliphatic rings. The Kier molecular flexibility index (Phi) is 3.81. The Morgan fingerprint density at radius 3 is 3.25 bits per heavy atom. The van der Waals surface area contributed by atoms with E-state index in [4.69, 9.17) is 4.74 Å². The van der Waals surface area contributed by atoms with Gasteiger partial charge >= 0.3 is 0 Å². The van der Waals surface area contributed by atoms with E-state index in [2.05, 4.69) is 20.8 Å². The summed E-state index contributed by atoms with van der Waals surface area (Å²) >= 11 is 1.31. The molecule has 0 saturated carbocycles. The fourth-order valence-corrected chi connectivity index (χ4v) is 2.15. The quantitative estimate of drug-likeness (QED) is 0.783. The Hall–Kier alpha value is -1.05. The highest BCUT2D eigenvalue weighted by molar-refractivity contribution is 7.13. The van der Waals surface area contributed by atoms with Gasteiger partial charge in [0.25, 0.3) is 0 Å². The van der Waals surface area contributed by atoms with Crippen LogP contribution in [0.2, 0.25) is 0 Å². The van der Waals surface area contributed by atoms with Crippen molar-refractivity contribution < 1.29 is 9.53 Å². The van der Waals surface area contributed by atoms with Gasteiger partial charge in [0.15, 0.2) is 0 Å². The van der Waals surface area contributed by atoms with Crippen molar-refractivity contribution in [3.05, 3.63) is 5.51 Å². The Bertz CT molecular complexity index is 343. The van der Waals surface area contributed by atoms with Crippen LogP contribution in [0.3, 0.4) is 0 Å². The van der Waals surface area contributed by atoms with Crippen molar-refractivity contribution in [2.24, 2.45) is 5.92 Å². The van der Waals surface area contributed by atoms with E-state index < -0.39 is 0 Å². The minimum absolute atomic E-state index is 0.0554. The third-order valence-corrected chi connectivity index (χ3v) is 3.08. The van der Waals surface area contributed by atoms with Crippen molar-refractivity contribution in [2.45, 2.75) is 13.0 Å². The summed E-state index contributed by atoms with van der Waals surface area (Å²) in [5.41, 5.74) is 1.59. The predicted octanol–water partition coefficient (Wildman–Crippen LogP) is 0.101. The summed E-state index contributed by atoms with van der Waals surface area (Å²) < 4.78 is 5.31. The maximum Gasteiger partial charge on any atom is 0.233 e. The number of rotatable bonds is 4. The lowest BCUT2D eigenvalue weighted by molar-refractivity contribution is -0.120. The predicted molar refractivity (Wildman–Crippen MR) is 60.3 cm³/mol. The lowest BCUT2D eigenvalue weighted by Gasteiger charge is -2.16. The van der Waals surface area contributed by atoms with Crippen LogP contribution in [-0.2, 0) is 9.53 Å². The number of likely N-dealkylation sites (N-methyl/N-ethyl adjacent to an activating group) is 1. The van der Waals surface area contributed by atoms with Gasteiger partial charge in [0, 0.05) is 6.04 Å². The first-order valence-electron chi connectivity index (χ1n) is 5.19.